The molecule has 3 aromatic rings. The van der Waals surface area contributed by atoms with Gasteiger partial charge in [-0.05, 0) is 53.6 Å². The van der Waals surface area contributed by atoms with Crippen LogP contribution in [0, 0.1) is 17.0 Å². The summed E-state index contributed by atoms with van der Waals surface area (Å²) in [5.41, 5.74) is 1.60. The van der Waals surface area contributed by atoms with Gasteiger partial charge >= 0.3 is 0 Å². The number of aliphatic imine (C=N–C) groups is 1. The van der Waals surface area contributed by atoms with Gasteiger partial charge in [0.2, 0.25) is 0 Å². The number of carbonyl (C=O) groups is 1. The van der Waals surface area contributed by atoms with Crippen LogP contribution in [0.15, 0.2) is 77.9 Å². The summed E-state index contributed by atoms with van der Waals surface area (Å²) >= 11 is 0. The zero-order chi connectivity index (χ0) is 25.7. The van der Waals surface area contributed by atoms with Gasteiger partial charge in [0.15, 0.2) is 0 Å². The van der Waals surface area contributed by atoms with Crippen LogP contribution in [0.4, 0.5) is 8.78 Å². The lowest BCUT2D eigenvalue weighted by atomic mass is 9.81. The van der Waals surface area contributed by atoms with Gasteiger partial charge in [0.1, 0.15) is 11.6 Å². The van der Waals surface area contributed by atoms with Crippen LogP contribution in [0.25, 0.3) is 5.57 Å². The number of aliphatic hydroxyl groups excluding tert-OH is 2. The van der Waals surface area contributed by atoms with Crippen LogP contribution in [0.3, 0.4) is 0 Å². The molecule has 0 fully saturated rings. The minimum absolute atomic E-state index is 0.0541. The molecule has 4 rings (SSSR count). The Hall–Kier alpha value is -3.75. The van der Waals surface area contributed by atoms with Gasteiger partial charge in [0.05, 0.1) is 31.0 Å². The van der Waals surface area contributed by atoms with Crippen LogP contribution in [0.5, 0.6) is 0 Å². The SMILES string of the molecule is CC(CO)(CO)[C@@H](Cc1ccccn1)NC(=O)c1cccc(F)c1C1=NCC(c2ccc(F)cc2)=C1. The van der Waals surface area contributed by atoms with Gasteiger partial charge in [-0.3, -0.25) is 14.8 Å². The van der Waals surface area contributed by atoms with Crippen molar-refractivity contribution >= 4 is 17.2 Å². The lowest BCUT2D eigenvalue weighted by Crippen LogP contribution is -2.51. The van der Waals surface area contributed by atoms with Gasteiger partial charge in [-0.1, -0.05) is 31.2 Å². The molecule has 0 saturated heterocycles. The third-order valence-corrected chi connectivity index (χ3v) is 6.47. The number of aliphatic hydroxyl groups is 2. The van der Waals surface area contributed by atoms with Crippen LogP contribution in [0.1, 0.15) is 34.1 Å². The van der Waals surface area contributed by atoms with Gasteiger partial charge in [0, 0.05) is 35.3 Å². The lowest BCUT2D eigenvalue weighted by molar-refractivity contribution is 0.0346. The van der Waals surface area contributed by atoms with Crippen LogP contribution < -0.4 is 5.32 Å². The minimum atomic E-state index is -1.05. The number of hydrogen-bond donors (Lipinski definition) is 3. The van der Waals surface area contributed by atoms with E-state index in [-0.39, 0.29) is 43.1 Å². The van der Waals surface area contributed by atoms with Crippen molar-refractivity contribution in [1.82, 2.24) is 10.3 Å². The summed E-state index contributed by atoms with van der Waals surface area (Å²) in [6.45, 7) is 1.17. The normalized spacial score (nSPS) is 14.2. The Labute approximate surface area is 208 Å². The van der Waals surface area contributed by atoms with E-state index >= 15 is 4.39 Å². The molecule has 8 heteroatoms. The van der Waals surface area contributed by atoms with Gasteiger partial charge in [-0.2, -0.15) is 0 Å². The van der Waals surface area contributed by atoms with E-state index in [1.807, 2.05) is 6.07 Å². The first kappa shape index (κ1) is 25.3. The maximum Gasteiger partial charge on any atom is 0.252 e. The lowest BCUT2D eigenvalue weighted by Gasteiger charge is -2.35. The molecule has 0 saturated carbocycles. The quantitative estimate of drug-likeness (QED) is 0.427. The second-order valence-electron chi connectivity index (χ2n) is 9.06. The van der Waals surface area contributed by atoms with Crippen molar-refractivity contribution in [2.45, 2.75) is 19.4 Å². The fraction of sp³-hybridized carbons (Fsp3) is 0.250. The van der Waals surface area contributed by atoms with Crippen molar-refractivity contribution in [3.63, 3.8) is 0 Å². The molecule has 0 spiro atoms. The molecule has 6 nitrogen and oxygen atoms in total. The standard InChI is InChI=1S/C28H27F2N3O3/c1-28(16-34,17-35)25(14-21-5-2-3-12-31-21)33-27(36)22-6-4-7-23(30)26(22)24-13-19(15-32-24)18-8-10-20(29)11-9-18/h2-13,25,34-35H,14-17H2,1H3,(H,33,36)/t25-/m1/s1. The Morgan fingerprint density at radius 3 is 2.47 bits per heavy atom. The van der Waals surface area contributed by atoms with Crippen molar-refractivity contribution in [3.05, 3.63) is 107 Å². The molecule has 0 aliphatic carbocycles. The largest absolute Gasteiger partial charge is 0.396 e. The van der Waals surface area contributed by atoms with Gasteiger partial charge in [-0.15, -0.1) is 0 Å². The monoisotopic (exact) mass is 491 g/mol. The third-order valence-electron chi connectivity index (χ3n) is 6.47. The number of halogens is 2. The molecule has 2 heterocycles. The van der Waals surface area contributed by atoms with Crippen LogP contribution >= 0.6 is 0 Å². The molecule has 2 aromatic carbocycles. The van der Waals surface area contributed by atoms with E-state index in [0.717, 1.165) is 11.1 Å². The predicted molar refractivity (Wildman–Crippen MR) is 134 cm³/mol. The highest BCUT2D eigenvalue weighted by molar-refractivity contribution is 6.19. The van der Waals surface area contributed by atoms with Crippen molar-refractivity contribution in [2.24, 2.45) is 10.4 Å². The maximum atomic E-state index is 15.1. The Morgan fingerprint density at radius 1 is 1.06 bits per heavy atom. The average Bonchev–Trinajstić information content (AvgIpc) is 3.38. The summed E-state index contributed by atoms with van der Waals surface area (Å²) < 4.78 is 28.4. The van der Waals surface area contributed by atoms with Crippen molar-refractivity contribution in [2.75, 3.05) is 19.8 Å². The summed E-state index contributed by atoms with van der Waals surface area (Å²) in [6.07, 6.45) is 3.57. The maximum absolute atomic E-state index is 15.1. The summed E-state index contributed by atoms with van der Waals surface area (Å²) in [5.74, 6) is -1.53. The molecule has 0 bridgehead atoms. The molecule has 186 valence electrons. The Morgan fingerprint density at radius 2 is 1.81 bits per heavy atom. The van der Waals surface area contributed by atoms with Gasteiger partial charge in [0.25, 0.3) is 5.91 Å². The van der Waals surface area contributed by atoms with E-state index in [2.05, 4.69) is 15.3 Å². The van der Waals surface area contributed by atoms with Crippen LogP contribution in [-0.2, 0) is 6.42 Å². The molecule has 1 aromatic heterocycles. The number of hydrogen-bond acceptors (Lipinski definition) is 5. The number of nitrogens with one attached hydrogen (secondary N) is 1. The second kappa shape index (κ2) is 10.9. The zero-order valence-electron chi connectivity index (χ0n) is 19.8. The molecule has 1 atom stereocenters. The van der Waals surface area contributed by atoms with E-state index in [9.17, 15) is 19.4 Å². The van der Waals surface area contributed by atoms with Crippen LogP contribution in [0.2, 0.25) is 0 Å². The first-order valence-corrected chi connectivity index (χ1v) is 11.6. The Balaban J connectivity index is 1.65. The summed E-state index contributed by atoms with van der Waals surface area (Å²) in [7, 11) is 0. The summed E-state index contributed by atoms with van der Waals surface area (Å²) in [5, 5.41) is 22.9. The zero-order valence-corrected chi connectivity index (χ0v) is 19.8. The topological polar surface area (TPSA) is 94.8 Å². The number of amides is 1. The summed E-state index contributed by atoms with van der Waals surface area (Å²) in [4.78, 5) is 22.2. The van der Waals surface area contributed by atoms with E-state index < -0.39 is 23.2 Å². The Bertz CT molecular complexity index is 1290. The van der Waals surface area contributed by atoms with Gasteiger partial charge < -0.3 is 15.5 Å². The first-order chi connectivity index (χ1) is 17.3. The van der Waals surface area contributed by atoms with Crippen LogP contribution in [-0.4, -0.2) is 52.6 Å². The second-order valence-corrected chi connectivity index (χ2v) is 9.06. The number of benzene rings is 2. The number of rotatable bonds is 9. The van der Waals surface area contributed by atoms with Crippen molar-refractivity contribution in [1.29, 1.82) is 0 Å². The highest BCUT2D eigenvalue weighted by atomic mass is 19.1. The number of pyridine rings is 1. The van der Waals surface area contributed by atoms with E-state index in [1.54, 1.807) is 43.5 Å². The van der Waals surface area contributed by atoms with E-state index in [1.165, 1.54) is 30.3 Å². The van der Waals surface area contributed by atoms with Gasteiger partial charge in [-0.25, -0.2) is 8.78 Å². The van der Waals surface area contributed by atoms with E-state index in [4.69, 9.17) is 0 Å². The predicted octanol–water partition coefficient (Wildman–Crippen LogP) is 3.58. The summed E-state index contributed by atoms with van der Waals surface area (Å²) in [6, 6.07) is 14.8. The first-order valence-electron chi connectivity index (χ1n) is 11.6. The molecule has 0 radical (unpaired) electrons. The molecular weight excluding hydrogens is 464 g/mol. The molecular formula is C28H27F2N3O3. The number of allylic oxidation sites excluding steroid dienone is 1. The smallest absolute Gasteiger partial charge is 0.252 e. The highest BCUT2D eigenvalue weighted by Crippen LogP contribution is 2.27. The molecule has 1 aliphatic heterocycles. The van der Waals surface area contributed by atoms with E-state index in [0.29, 0.717) is 11.4 Å². The molecule has 3 N–H and O–H groups in total. The molecule has 36 heavy (non-hydrogen) atoms. The molecule has 1 amide bonds. The fourth-order valence-corrected chi connectivity index (χ4v) is 4.10. The fourth-order valence-electron chi connectivity index (χ4n) is 4.10. The Kier molecular flexibility index (Phi) is 7.67. The number of nitrogens with zero attached hydrogens (tertiary/aromatic N) is 2. The highest BCUT2D eigenvalue weighted by Gasteiger charge is 2.36. The molecule has 1 aliphatic rings. The number of aromatic nitrogens is 1. The minimum Gasteiger partial charge on any atom is -0.396 e. The average molecular weight is 492 g/mol. The molecule has 0 unspecified atom stereocenters. The van der Waals surface area contributed by atoms with Crippen molar-refractivity contribution in [3.8, 4) is 0 Å². The van der Waals surface area contributed by atoms with Crippen molar-refractivity contribution < 1.29 is 23.8 Å². The number of carbonyl (C=O) groups excluding carboxylic acids is 1. The third kappa shape index (κ3) is 5.40.